The summed E-state index contributed by atoms with van der Waals surface area (Å²) in [5, 5.41) is 3.98. The first-order chi connectivity index (χ1) is 8.58. The second-order valence-electron chi connectivity index (χ2n) is 4.41. The number of ether oxygens (including phenoxy) is 1. The maximum atomic E-state index is 11.3. The van der Waals surface area contributed by atoms with Crippen molar-refractivity contribution >= 4 is 16.6 Å². The van der Waals surface area contributed by atoms with Crippen LogP contribution in [0.3, 0.4) is 0 Å². The molecule has 0 unspecified atom stereocenters. The molecule has 2 rings (SSSR count). The van der Waals surface area contributed by atoms with Gasteiger partial charge in [0.25, 0.3) is 0 Å². The third kappa shape index (κ3) is 3.01. The van der Waals surface area contributed by atoms with Crippen molar-refractivity contribution in [3.8, 4) is 0 Å². The van der Waals surface area contributed by atoms with E-state index in [4.69, 9.17) is 4.74 Å². The number of anilines is 1. The third-order valence-corrected chi connectivity index (χ3v) is 3.92. The van der Waals surface area contributed by atoms with Crippen LogP contribution in [0.25, 0.3) is 0 Å². The Morgan fingerprint density at radius 3 is 2.67 bits per heavy atom. The van der Waals surface area contributed by atoms with Crippen molar-refractivity contribution in [1.29, 1.82) is 0 Å². The van der Waals surface area contributed by atoms with Crippen LogP contribution >= 0.6 is 0 Å². The van der Waals surface area contributed by atoms with E-state index >= 15 is 0 Å². The number of aromatic nitrogens is 2. The third-order valence-electron chi connectivity index (χ3n) is 3.09. The monoisotopic (exact) mass is 274 g/mol. The quantitative estimate of drug-likeness (QED) is 0.680. The van der Waals surface area contributed by atoms with Gasteiger partial charge in [0.2, 0.25) is 10.9 Å². The van der Waals surface area contributed by atoms with Crippen molar-refractivity contribution in [3.63, 3.8) is 0 Å². The summed E-state index contributed by atoms with van der Waals surface area (Å²) < 4.78 is 30.6. The molecule has 0 spiro atoms. The normalized spacial score (nSPS) is 16.2. The summed E-state index contributed by atoms with van der Waals surface area (Å²) in [6, 6.07) is 0.408. The van der Waals surface area contributed by atoms with Gasteiger partial charge in [0, 0.05) is 26.3 Å². The molecule has 0 bridgehead atoms. The SMILES string of the molecule is CN(CCN(c1cnn(C)c1)[SH](=O)=O)C1COC1. The number of hydrogen-bond acceptors (Lipinski definition) is 5. The number of rotatable bonds is 6. The molecule has 1 aliphatic heterocycles. The standard InChI is InChI=1S/C10H18N4O3S/c1-12(10-7-17-8-10)3-4-14(18(15)16)9-5-11-13(2)6-9/h5-6,10,18H,3-4,7-8H2,1-2H3. The van der Waals surface area contributed by atoms with Crippen molar-refractivity contribution in [2.45, 2.75) is 6.04 Å². The maximum absolute atomic E-state index is 11.3. The molecule has 0 amide bonds. The zero-order chi connectivity index (χ0) is 13.1. The summed E-state index contributed by atoms with van der Waals surface area (Å²) in [5.41, 5.74) is 0.604. The van der Waals surface area contributed by atoms with Gasteiger partial charge in [-0.15, -0.1) is 0 Å². The Kier molecular flexibility index (Phi) is 4.20. The number of likely N-dealkylation sites (N-methyl/N-ethyl adjacent to an activating group) is 1. The van der Waals surface area contributed by atoms with Gasteiger partial charge in [-0.1, -0.05) is 0 Å². The fraction of sp³-hybridized carbons (Fsp3) is 0.700. The van der Waals surface area contributed by atoms with E-state index in [0.29, 0.717) is 24.8 Å². The Hall–Kier alpha value is -1.12. The maximum Gasteiger partial charge on any atom is 0.225 e. The van der Waals surface area contributed by atoms with Gasteiger partial charge >= 0.3 is 0 Å². The predicted molar refractivity (Wildman–Crippen MR) is 68.1 cm³/mol. The Morgan fingerprint density at radius 2 is 2.22 bits per heavy atom. The van der Waals surface area contributed by atoms with Gasteiger partial charge in [-0.2, -0.15) is 5.10 Å². The van der Waals surface area contributed by atoms with Crippen LogP contribution in [-0.4, -0.2) is 62.5 Å². The van der Waals surface area contributed by atoms with Crippen molar-refractivity contribution in [2.75, 3.05) is 37.7 Å². The molecule has 7 nitrogen and oxygen atoms in total. The summed E-state index contributed by atoms with van der Waals surface area (Å²) in [5.74, 6) is 0. The average molecular weight is 274 g/mol. The van der Waals surface area contributed by atoms with Gasteiger partial charge in [-0.05, 0) is 7.05 Å². The minimum absolute atomic E-state index is 0.408. The second-order valence-corrected chi connectivity index (χ2v) is 5.36. The van der Waals surface area contributed by atoms with E-state index in [0.717, 1.165) is 13.2 Å². The first kappa shape index (κ1) is 13.3. The highest BCUT2D eigenvalue weighted by molar-refractivity contribution is 7.74. The summed E-state index contributed by atoms with van der Waals surface area (Å²) in [7, 11) is 1.10. The number of aryl methyl sites for hydroxylation is 1. The van der Waals surface area contributed by atoms with Crippen molar-refractivity contribution < 1.29 is 13.2 Å². The van der Waals surface area contributed by atoms with E-state index in [1.54, 1.807) is 24.1 Å². The van der Waals surface area contributed by atoms with Gasteiger partial charge in [0.15, 0.2) is 0 Å². The van der Waals surface area contributed by atoms with Crippen LogP contribution in [0.2, 0.25) is 0 Å². The number of thiol groups is 1. The summed E-state index contributed by atoms with van der Waals surface area (Å²) in [6.07, 6.45) is 3.25. The minimum atomic E-state index is -2.64. The van der Waals surface area contributed by atoms with Gasteiger partial charge in [-0.25, -0.2) is 8.42 Å². The molecular weight excluding hydrogens is 256 g/mol. The van der Waals surface area contributed by atoms with Crippen LogP contribution in [-0.2, 0) is 22.7 Å². The van der Waals surface area contributed by atoms with E-state index in [1.807, 2.05) is 7.05 Å². The molecule has 2 heterocycles. The predicted octanol–water partition coefficient (Wildman–Crippen LogP) is -0.916. The van der Waals surface area contributed by atoms with Crippen LogP contribution < -0.4 is 4.31 Å². The van der Waals surface area contributed by atoms with Crippen molar-refractivity contribution in [2.24, 2.45) is 7.05 Å². The molecule has 1 fully saturated rings. The van der Waals surface area contributed by atoms with E-state index in [1.165, 1.54) is 4.31 Å². The lowest BCUT2D eigenvalue weighted by Crippen LogP contribution is -2.49. The van der Waals surface area contributed by atoms with E-state index < -0.39 is 10.9 Å². The lowest BCUT2D eigenvalue weighted by molar-refractivity contribution is -0.0548. The molecule has 0 aromatic carbocycles. The highest BCUT2D eigenvalue weighted by Crippen LogP contribution is 2.13. The Labute approximate surface area is 108 Å². The highest BCUT2D eigenvalue weighted by atomic mass is 32.2. The molecule has 0 atom stereocenters. The summed E-state index contributed by atoms with van der Waals surface area (Å²) in [6.45, 7) is 2.56. The van der Waals surface area contributed by atoms with Crippen LogP contribution in [0, 0.1) is 0 Å². The Morgan fingerprint density at radius 1 is 1.50 bits per heavy atom. The smallest absolute Gasteiger partial charge is 0.225 e. The van der Waals surface area contributed by atoms with Crippen LogP contribution in [0.4, 0.5) is 5.69 Å². The molecule has 1 aromatic rings. The molecule has 102 valence electrons. The van der Waals surface area contributed by atoms with E-state index in [9.17, 15) is 8.42 Å². The van der Waals surface area contributed by atoms with Crippen molar-refractivity contribution in [3.05, 3.63) is 12.4 Å². The molecule has 18 heavy (non-hydrogen) atoms. The van der Waals surface area contributed by atoms with Crippen LogP contribution in [0.5, 0.6) is 0 Å². The fourth-order valence-corrected chi connectivity index (χ4v) is 2.30. The zero-order valence-electron chi connectivity index (χ0n) is 10.5. The molecule has 1 saturated heterocycles. The molecule has 0 radical (unpaired) electrons. The lowest BCUT2D eigenvalue weighted by Gasteiger charge is -2.35. The number of nitrogens with zero attached hydrogens (tertiary/aromatic N) is 4. The van der Waals surface area contributed by atoms with Gasteiger partial charge in [0.05, 0.1) is 31.1 Å². The topological polar surface area (TPSA) is 67.7 Å². The summed E-state index contributed by atoms with van der Waals surface area (Å²) in [4.78, 5) is 2.12. The summed E-state index contributed by atoms with van der Waals surface area (Å²) >= 11 is 0. The molecule has 0 saturated carbocycles. The number of hydrogen-bond donors (Lipinski definition) is 1. The Balaban J connectivity index is 1.94. The molecule has 1 aliphatic rings. The second kappa shape index (κ2) is 5.68. The van der Waals surface area contributed by atoms with Gasteiger partial charge < -0.3 is 4.74 Å². The van der Waals surface area contributed by atoms with Gasteiger partial charge in [-0.3, -0.25) is 13.9 Å². The first-order valence-corrected chi connectivity index (χ1v) is 6.89. The van der Waals surface area contributed by atoms with Crippen LogP contribution in [0.1, 0.15) is 0 Å². The largest absolute Gasteiger partial charge is 0.378 e. The average Bonchev–Trinajstić information content (AvgIpc) is 2.62. The molecule has 8 heteroatoms. The zero-order valence-corrected chi connectivity index (χ0v) is 11.4. The molecule has 0 aliphatic carbocycles. The van der Waals surface area contributed by atoms with Crippen molar-refractivity contribution in [1.82, 2.24) is 14.7 Å². The minimum Gasteiger partial charge on any atom is -0.378 e. The van der Waals surface area contributed by atoms with E-state index in [-0.39, 0.29) is 0 Å². The fourth-order valence-electron chi connectivity index (χ4n) is 1.76. The molecular formula is C10H18N4O3S. The highest BCUT2D eigenvalue weighted by Gasteiger charge is 2.23. The molecule has 0 N–H and O–H groups in total. The van der Waals surface area contributed by atoms with Crippen LogP contribution in [0.15, 0.2) is 12.4 Å². The lowest BCUT2D eigenvalue weighted by atomic mass is 10.2. The first-order valence-electron chi connectivity index (χ1n) is 5.76. The molecule has 1 aromatic heterocycles. The van der Waals surface area contributed by atoms with E-state index in [2.05, 4.69) is 10.00 Å². The van der Waals surface area contributed by atoms with Gasteiger partial charge in [0.1, 0.15) is 0 Å². The Bertz CT molecular complexity index is 461.